The van der Waals surface area contributed by atoms with E-state index in [1.54, 1.807) is 12.5 Å². The Kier molecular flexibility index (Phi) is 4.19. The quantitative estimate of drug-likeness (QED) is 0.734. The second-order valence-corrected chi connectivity index (χ2v) is 7.11. The summed E-state index contributed by atoms with van der Waals surface area (Å²) in [7, 11) is 0. The minimum absolute atomic E-state index is 0.118. The van der Waals surface area contributed by atoms with E-state index in [9.17, 15) is 4.79 Å². The SMILES string of the molecule is C[C@@H](NC(=O)Nc1nnc(C2CC2)s1)c1ccc(-n2ccnc2)cc1. The van der Waals surface area contributed by atoms with Crippen molar-refractivity contribution in [1.82, 2.24) is 25.1 Å². The fourth-order valence-corrected chi connectivity index (χ4v) is 3.45. The summed E-state index contributed by atoms with van der Waals surface area (Å²) in [4.78, 5) is 16.2. The molecule has 1 aliphatic carbocycles. The average molecular weight is 354 g/mol. The highest BCUT2D eigenvalue weighted by molar-refractivity contribution is 7.15. The van der Waals surface area contributed by atoms with Crippen molar-refractivity contribution in [3.63, 3.8) is 0 Å². The first kappa shape index (κ1) is 15.8. The Morgan fingerprint density at radius 2 is 2.08 bits per heavy atom. The van der Waals surface area contributed by atoms with Crippen LogP contribution >= 0.6 is 11.3 Å². The fourth-order valence-electron chi connectivity index (χ4n) is 2.54. The van der Waals surface area contributed by atoms with Gasteiger partial charge < -0.3 is 9.88 Å². The molecule has 1 aromatic carbocycles. The van der Waals surface area contributed by atoms with Gasteiger partial charge in [0, 0.05) is 24.0 Å². The third-order valence-electron chi connectivity index (χ3n) is 4.13. The lowest BCUT2D eigenvalue weighted by Crippen LogP contribution is -2.31. The lowest BCUT2D eigenvalue weighted by atomic mass is 10.1. The van der Waals surface area contributed by atoms with Gasteiger partial charge in [-0.3, -0.25) is 5.32 Å². The van der Waals surface area contributed by atoms with E-state index in [2.05, 4.69) is 25.8 Å². The maximum atomic E-state index is 12.1. The number of aromatic nitrogens is 4. The first-order valence-corrected chi connectivity index (χ1v) is 9.00. The summed E-state index contributed by atoms with van der Waals surface area (Å²) in [6.45, 7) is 1.95. The molecule has 3 aromatic rings. The molecule has 8 heteroatoms. The molecule has 2 N–H and O–H groups in total. The maximum absolute atomic E-state index is 12.1. The topological polar surface area (TPSA) is 84.7 Å². The third-order valence-corrected chi connectivity index (χ3v) is 5.13. The summed E-state index contributed by atoms with van der Waals surface area (Å²) in [5.74, 6) is 0.545. The Hall–Kier alpha value is -2.74. The number of rotatable bonds is 5. The monoisotopic (exact) mass is 354 g/mol. The van der Waals surface area contributed by atoms with Gasteiger partial charge in [0.15, 0.2) is 0 Å². The minimum atomic E-state index is -0.273. The largest absolute Gasteiger partial charge is 0.331 e. The molecule has 128 valence electrons. The van der Waals surface area contributed by atoms with Crippen LogP contribution in [0.15, 0.2) is 43.0 Å². The Balaban J connectivity index is 1.35. The molecule has 25 heavy (non-hydrogen) atoms. The van der Waals surface area contributed by atoms with Gasteiger partial charge in [0.05, 0.1) is 12.4 Å². The fraction of sp³-hybridized carbons (Fsp3) is 0.294. The summed E-state index contributed by atoms with van der Waals surface area (Å²) in [6, 6.07) is 7.60. The first-order chi connectivity index (χ1) is 12.2. The first-order valence-electron chi connectivity index (χ1n) is 8.18. The molecule has 2 heterocycles. The number of carbonyl (C=O) groups excluding carboxylic acids is 1. The average Bonchev–Trinajstić information content (AvgIpc) is 3.12. The molecule has 0 saturated heterocycles. The molecule has 2 aromatic heterocycles. The lowest BCUT2D eigenvalue weighted by Gasteiger charge is -2.14. The van der Waals surface area contributed by atoms with Gasteiger partial charge in [-0.1, -0.05) is 23.5 Å². The van der Waals surface area contributed by atoms with E-state index in [-0.39, 0.29) is 12.1 Å². The van der Waals surface area contributed by atoms with E-state index in [1.807, 2.05) is 42.0 Å². The van der Waals surface area contributed by atoms with Crippen molar-refractivity contribution >= 4 is 22.5 Å². The van der Waals surface area contributed by atoms with Gasteiger partial charge in [-0.15, -0.1) is 10.2 Å². The molecule has 7 nitrogen and oxygen atoms in total. The van der Waals surface area contributed by atoms with Crippen molar-refractivity contribution in [3.05, 3.63) is 53.6 Å². The molecule has 0 aliphatic heterocycles. The van der Waals surface area contributed by atoms with Crippen LogP contribution in [0.3, 0.4) is 0 Å². The Bertz CT molecular complexity index is 854. The smallest absolute Gasteiger partial charge is 0.321 e. The zero-order valence-electron chi connectivity index (χ0n) is 13.7. The van der Waals surface area contributed by atoms with Crippen LogP contribution in [0, 0.1) is 0 Å². The Labute approximate surface area is 149 Å². The van der Waals surface area contributed by atoms with Crippen molar-refractivity contribution in [3.8, 4) is 5.69 Å². The highest BCUT2D eigenvalue weighted by atomic mass is 32.1. The van der Waals surface area contributed by atoms with Crippen LogP contribution in [0.5, 0.6) is 0 Å². The number of hydrogen-bond donors (Lipinski definition) is 2. The Morgan fingerprint density at radius 1 is 1.28 bits per heavy atom. The van der Waals surface area contributed by atoms with Gasteiger partial charge in [0.25, 0.3) is 0 Å². The summed E-state index contributed by atoms with van der Waals surface area (Å²) in [5, 5.41) is 15.4. The minimum Gasteiger partial charge on any atom is -0.331 e. The van der Waals surface area contributed by atoms with E-state index in [0.29, 0.717) is 11.0 Å². The van der Waals surface area contributed by atoms with Gasteiger partial charge in [-0.25, -0.2) is 9.78 Å². The van der Waals surface area contributed by atoms with E-state index in [4.69, 9.17) is 0 Å². The summed E-state index contributed by atoms with van der Waals surface area (Å²) in [6.07, 6.45) is 7.73. The molecule has 0 spiro atoms. The van der Waals surface area contributed by atoms with Gasteiger partial charge in [0.1, 0.15) is 5.01 Å². The van der Waals surface area contributed by atoms with E-state index in [1.165, 1.54) is 24.2 Å². The second-order valence-electron chi connectivity index (χ2n) is 6.10. The second kappa shape index (κ2) is 6.64. The van der Waals surface area contributed by atoms with Crippen molar-refractivity contribution in [2.75, 3.05) is 5.32 Å². The van der Waals surface area contributed by atoms with Gasteiger partial charge in [0.2, 0.25) is 5.13 Å². The van der Waals surface area contributed by atoms with Crippen LogP contribution < -0.4 is 10.6 Å². The van der Waals surface area contributed by atoms with E-state index < -0.39 is 0 Å². The van der Waals surface area contributed by atoms with Gasteiger partial charge in [-0.05, 0) is 37.5 Å². The van der Waals surface area contributed by atoms with Crippen molar-refractivity contribution < 1.29 is 4.79 Å². The van der Waals surface area contributed by atoms with Crippen LogP contribution in [-0.2, 0) is 0 Å². The van der Waals surface area contributed by atoms with Crippen molar-refractivity contribution in [2.45, 2.75) is 31.7 Å². The predicted molar refractivity (Wildman–Crippen MR) is 96.0 cm³/mol. The van der Waals surface area contributed by atoms with Crippen molar-refractivity contribution in [1.29, 1.82) is 0 Å². The van der Waals surface area contributed by atoms with E-state index >= 15 is 0 Å². The number of hydrogen-bond acceptors (Lipinski definition) is 5. The number of amides is 2. The zero-order chi connectivity index (χ0) is 17.2. The summed E-state index contributed by atoms with van der Waals surface area (Å²) in [5.41, 5.74) is 2.05. The molecule has 0 unspecified atom stereocenters. The van der Waals surface area contributed by atoms with Crippen LogP contribution in [0.25, 0.3) is 5.69 Å². The number of anilines is 1. The summed E-state index contributed by atoms with van der Waals surface area (Å²) < 4.78 is 1.93. The molecular weight excluding hydrogens is 336 g/mol. The Morgan fingerprint density at radius 3 is 2.76 bits per heavy atom. The highest BCUT2D eigenvalue weighted by Crippen LogP contribution is 2.42. The van der Waals surface area contributed by atoms with Gasteiger partial charge >= 0.3 is 6.03 Å². The highest BCUT2D eigenvalue weighted by Gasteiger charge is 2.27. The number of nitrogens with one attached hydrogen (secondary N) is 2. The van der Waals surface area contributed by atoms with Crippen LogP contribution in [0.1, 0.15) is 42.3 Å². The lowest BCUT2D eigenvalue weighted by molar-refractivity contribution is 0.249. The number of urea groups is 1. The molecule has 0 bridgehead atoms. The molecule has 1 atom stereocenters. The standard InChI is InChI=1S/C17H18N6OS/c1-11(12-4-6-14(7-5-12)23-9-8-18-10-23)19-16(24)20-17-22-21-15(25-17)13-2-3-13/h4-11,13H,2-3H2,1H3,(H2,19,20,22,24)/t11-/m1/s1. The molecular formula is C17H18N6OS. The maximum Gasteiger partial charge on any atom is 0.321 e. The van der Waals surface area contributed by atoms with Crippen LogP contribution in [0.2, 0.25) is 0 Å². The predicted octanol–water partition coefficient (Wildman–Crippen LogP) is 3.48. The normalized spacial score (nSPS) is 14.9. The van der Waals surface area contributed by atoms with Gasteiger partial charge in [-0.2, -0.15) is 0 Å². The third kappa shape index (κ3) is 3.69. The molecule has 1 fully saturated rings. The van der Waals surface area contributed by atoms with E-state index in [0.717, 1.165) is 16.3 Å². The molecule has 2 amide bonds. The summed E-state index contributed by atoms with van der Waals surface area (Å²) >= 11 is 1.45. The number of imidazole rings is 1. The van der Waals surface area contributed by atoms with Crippen LogP contribution in [0.4, 0.5) is 9.93 Å². The number of benzene rings is 1. The zero-order valence-corrected chi connectivity index (χ0v) is 14.5. The molecule has 0 radical (unpaired) electrons. The van der Waals surface area contributed by atoms with Crippen LogP contribution in [-0.4, -0.2) is 25.8 Å². The van der Waals surface area contributed by atoms with Crippen molar-refractivity contribution in [2.24, 2.45) is 0 Å². The molecule has 4 rings (SSSR count). The number of nitrogens with zero attached hydrogens (tertiary/aromatic N) is 4. The number of carbonyl (C=O) groups is 1. The molecule has 1 saturated carbocycles. The molecule has 1 aliphatic rings.